The predicted octanol–water partition coefficient (Wildman–Crippen LogP) is 5.31. The van der Waals surface area contributed by atoms with Crippen molar-refractivity contribution in [2.24, 2.45) is 0 Å². The zero-order valence-corrected chi connectivity index (χ0v) is 11.4. The highest BCUT2D eigenvalue weighted by Crippen LogP contribution is 2.31. The van der Waals surface area contributed by atoms with E-state index in [1.807, 2.05) is 0 Å². The largest absolute Gasteiger partial charge is 0.454 e. The second-order valence-electron chi connectivity index (χ2n) is 3.54. The number of rotatable bonds is 3. The van der Waals surface area contributed by atoms with Gasteiger partial charge in [-0.15, -0.1) is 0 Å². The van der Waals surface area contributed by atoms with Crippen LogP contribution in [0.1, 0.15) is 5.56 Å². The van der Waals surface area contributed by atoms with Crippen LogP contribution in [0.2, 0.25) is 5.02 Å². The Balaban J connectivity index is 2.37. The van der Waals surface area contributed by atoms with E-state index in [4.69, 9.17) is 16.3 Å². The van der Waals surface area contributed by atoms with Crippen LogP contribution in [0.5, 0.6) is 11.5 Å². The Kier molecular flexibility index (Phi) is 4.19. The molecule has 0 heterocycles. The van der Waals surface area contributed by atoms with Crippen LogP contribution in [0.25, 0.3) is 0 Å². The molecule has 0 radical (unpaired) electrons. The Hall–Kier alpha value is -1.13. The van der Waals surface area contributed by atoms with Gasteiger partial charge in [-0.1, -0.05) is 33.6 Å². The van der Waals surface area contributed by atoms with Crippen molar-refractivity contribution in [1.82, 2.24) is 0 Å². The van der Waals surface area contributed by atoms with Crippen molar-refractivity contribution in [3.8, 4) is 11.5 Å². The molecule has 0 saturated carbocycles. The van der Waals surface area contributed by atoms with E-state index in [0.29, 0.717) is 16.1 Å². The molecule has 0 N–H and O–H groups in total. The molecule has 0 bridgehead atoms. The summed E-state index contributed by atoms with van der Waals surface area (Å²) in [4.78, 5) is 0. The van der Waals surface area contributed by atoms with Crippen molar-refractivity contribution in [2.75, 3.05) is 0 Å². The minimum Gasteiger partial charge on any atom is -0.454 e. The maximum atomic E-state index is 13.5. The monoisotopic (exact) mass is 332 g/mol. The van der Waals surface area contributed by atoms with Gasteiger partial charge in [0.15, 0.2) is 11.6 Å². The van der Waals surface area contributed by atoms with Crippen molar-refractivity contribution in [2.45, 2.75) is 5.33 Å². The van der Waals surface area contributed by atoms with Gasteiger partial charge >= 0.3 is 0 Å². The molecule has 2 aromatic carbocycles. The van der Waals surface area contributed by atoms with Crippen LogP contribution < -0.4 is 4.74 Å². The number of ether oxygens (including phenoxy) is 1. The summed E-state index contributed by atoms with van der Waals surface area (Å²) < 4.78 is 31.9. The fourth-order valence-electron chi connectivity index (χ4n) is 1.43. The summed E-state index contributed by atoms with van der Waals surface area (Å²) in [5.41, 5.74) is 0.756. The normalized spacial score (nSPS) is 10.4. The zero-order chi connectivity index (χ0) is 13.1. The fraction of sp³-hybridized carbons (Fsp3) is 0.0769. The molecule has 0 aliphatic rings. The van der Waals surface area contributed by atoms with Gasteiger partial charge in [0, 0.05) is 15.9 Å². The number of hydrogen-bond donors (Lipinski definition) is 0. The van der Waals surface area contributed by atoms with Gasteiger partial charge in [0.25, 0.3) is 0 Å². The molecule has 2 aromatic rings. The Bertz CT molecular complexity index is 575. The lowest BCUT2D eigenvalue weighted by Crippen LogP contribution is -1.94. The van der Waals surface area contributed by atoms with Crippen LogP contribution in [-0.4, -0.2) is 0 Å². The number of alkyl halides is 1. The van der Waals surface area contributed by atoms with E-state index in [2.05, 4.69) is 15.9 Å². The van der Waals surface area contributed by atoms with E-state index in [1.54, 1.807) is 18.2 Å². The van der Waals surface area contributed by atoms with E-state index in [0.717, 1.165) is 11.6 Å². The maximum absolute atomic E-state index is 13.5. The summed E-state index contributed by atoms with van der Waals surface area (Å²) in [7, 11) is 0. The molecule has 0 amide bonds. The lowest BCUT2D eigenvalue weighted by atomic mass is 10.2. The average molecular weight is 334 g/mol. The van der Waals surface area contributed by atoms with Crippen molar-refractivity contribution < 1.29 is 13.5 Å². The maximum Gasteiger partial charge on any atom is 0.201 e. The molecule has 0 fully saturated rings. The second-order valence-corrected chi connectivity index (χ2v) is 4.54. The molecule has 94 valence electrons. The van der Waals surface area contributed by atoms with Gasteiger partial charge in [-0.2, -0.15) is 4.39 Å². The minimum atomic E-state index is -1.01. The quantitative estimate of drug-likeness (QED) is 0.692. The molecule has 0 aromatic heterocycles. The first-order valence-electron chi connectivity index (χ1n) is 5.08. The predicted molar refractivity (Wildman–Crippen MR) is 70.5 cm³/mol. The Morgan fingerprint density at radius 1 is 1.11 bits per heavy atom. The average Bonchev–Trinajstić information content (AvgIpc) is 2.37. The van der Waals surface area contributed by atoms with E-state index in [-0.39, 0.29) is 5.75 Å². The van der Waals surface area contributed by atoms with Crippen molar-refractivity contribution in [1.29, 1.82) is 0 Å². The lowest BCUT2D eigenvalue weighted by Gasteiger charge is -2.10. The van der Waals surface area contributed by atoms with Crippen LogP contribution in [0.4, 0.5) is 8.78 Å². The summed E-state index contributed by atoms with van der Waals surface area (Å²) in [5, 5.41) is 1.05. The molecular weight excluding hydrogens is 325 g/mol. The van der Waals surface area contributed by atoms with Crippen molar-refractivity contribution in [3.05, 3.63) is 58.6 Å². The topological polar surface area (TPSA) is 9.23 Å². The molecule has 1 nitrogen and oxygen atoms in total. The smallest absolute Gasteiger partial charge is 0.201 e. The highest BCUT2D eigenvalue weighted by Gasteiger charge is 2.11. The lowest BCUT2D eigenvalue weighted by molar-refractivity contribution is 0.414. The number of benzene rings is 2. The van der Waals surface area contributed by atoms with Crippen molar-refractivity contribution >= 4 is 27.5 Å². The number of hydrogen-bond acceptors (Lipinski definition) is 1. The first-order valence-corrected chi connectivity index (χ1v) is 6.58. The molecular formula is C13H8BrClF2O. The highest BCUT2D eigenvalue weighted by atomic mass is 79.9. The van der Waals surface area contributed by atoms with Crippen molar-refractivity contribution in [3.63, 3.8) is 0 Å². The van der Waals surface area contributed by atoms with Gasteiger partial charge in [0.05, 0.1) is 0 Å². The first-order chi connectivity index (χ1) is 8.61. The van der Waals surface area contributed by atoms with Gasteiger partial charge in [0.1, 0.15) is 5.75 Å². The minimum absolute atomic E-state index is 0.153. The molecule has 18 heavy (non-hydrogen) atoms. The van der Waals surface area contributed by atoms with E-state index < -0.39 is 11.6 Å². The Morgan fingerprint density at radius 3 is 2.61 bits per heavy atom. The summed E-state index contributed by atoms with van der Waals surface area (Å²) in [6.07, 6.45) is 0. The third-order valence-electron chi connectivity index (χ3n) is 2.30. The van der Waals surface area contributed by atoms with Gasteiger partial charge in [-0.25, -0.2) is 4.39 Å². The third-order valence-corrected chi connectivity index (χ3v) is 3.14. The molecule has 0 unspecified atom stereocenters. The van der Waals surface area contributed by atoms with Gasteiger partial charge in [-0.3, -0.25) is 0 Å². The summed E-state index contributed by atoms with van der Waals surface area (Å²) in [6.45, 7) is 0. The SMILES string of the molecule is Fc1cccc(Oc2ccc(Cl)cc2CBr)c1F. The first kappa shape index (κ1) is 13.3. The molecule has 0 saturated heterocycles. The van der Waals surface area contributed by atoms with Crippen LogP contribution >= 0.6 is 27.5 Å². The second kappa shape index (κ2) is 5.67. The van der Waals surface area contributed by atoms with Gasteiger partial charge in [-0.05, 0) is 30.3 Å². The molecule has 0 spiro atoms. The zero-order valence-electron chi connectivity index (χ0n) is 9.09. The molecule has 5 heteroatoms. The van der Waals surface area contributed by atoms with Gasteiger partial charge < -0.3 is 4.74 Å². The third kappa shape index (κ3) is 2.82. The van der Waals surface area contributed by atoms with Gasteiger partial charge in [0.2, 0.25) is 5.82 Å². The molecule has 2 rings (SSSR count). The van der Waals surface area contributed by atoms with Crippen LogP contribution in [0, 0.1) is 11.6 Å². The van der Waals surface area contributed by atoms with Crippen LogP contribution in [0.3, 0.4) is 0 Å². The Labute approximate surface area is 116 Å². The summed E-state index contributed by atoms with van der Waals surface area (Å²) in [5.74, 6) is -1.67. The molecule has 0 aliphatic carbocycles. The van der Waals surface area contributed by atoms with Crippen LogP contribution in [0.15, 0.2) is 36.4 Å². The molecule has 0 atom stereocenters. The summed E-state index contributed by atoms with van der Waals surface area (Å²) >= 11 is 9.13. The van der Waals surface area contributed by atoms with Crippen LogP contribution in [-0.2, 0) is 5.33 Å². The Morgan fingerprint density at radius 2 is 1.89 bits per heavy atom. The highest BCUT2D eigenvalue weighted by molar-refractivity contribution is 9.08. The summed E-state index contributed by atoms with van der Waals surface area (Å²) in [6, 6.07) is 8.73. The van der Waals surface area contributed by atoms with E-state index in [9.17, 15) is 8.78 Å². The van der Waals surface area contributed by atoms with E-state index >= 15 is 0 Å². The fourth-order valence-corrected chi connectivity index (χ4v) is 2.07. The molecule has 0 aliphatic heterocycles. The van der Waals surface area contributed by atoms with E-state index in [1.165, 1.54) is 12.1 Å². The standard InChI is InChI=1S/C13H8BrClF2O/c14-7-8-6-9(15)4-5-11(8)18-12-3-1-2-10(16)13(12)17/h1-6H,7H2. The number of halogens is 4.